The van der Waals surface area contributed by atoms with E-state index in [4.69, 9.17) is 0 Å². The number of rotatable bonds is 2. The molecule has 1 N–H and O–H groups in total. The maximum Gasteiger partial charge on any atom is 0.243 e. The van der Waals surface area contributed by atoms with Crippen molar-refractivity contribution < 1.29 is 4.79 Å². The highest BCUT2D eigenvalue weighted by molar-refractivity contribution is 6.01. The fourth-order valence-corrected chi connectivity index (χ4v) is 2.16. The Hall–Kier alpha value is -1.51. The Labute approximate surface area is 96.5 Å². The first-order chi connectivity index (χ1) is 7.63. The Kier molecular flexibility index (Phi) is 2.86. The number of amides is 1. The van der Waals surface area contributed by atoms with E-state index in [0.29, 0.717) is 12.6 Å². The minimum atomic E-state index is 0.0819. The van der Waals surface area contributed by atoms with Gasteiger partial charge in [-0.3, -0.25) is 4.79 Å². The number of carbonyl (C=O) groups excluding carboxylic acids is 1. The predicted octanol–water partition coefficient (Wildman–Crippen LogP) is 2.55. The number of aryl methyl sites for hydroxylation is 1. The van der Waals surface area contributed by atoms with Crippen molar-refractivity contribution in [2.45, 2.75) is 33.2 Å². The summed E-state index contributed by atoms with van der Waals surface area (Å²) in [6.45, 7) is 6.86. The lowest BCUT2D eigenvalue weighted by atomic mass is 10.1. The second-order valence-electron chi connectivity index (χ2n) is 4.40. The molecule has 16 heavy (non-hydrogen) atoms. The molecule has 0 bridgehead atoms. The summed E-state index contributed by atoms with van der Waals surface area (Å²) in [7, 11) is 0. The molecule has 0 radical (unpaired) electrons. The van der Waals surface area contributed by atoms with Crippen LogP contribution in [-0.4, -0.2) is 18.5 Å². The molecule has 1 aromatic rings. The van der Waals surface area contributed by atoms with Gasteiger partial charge in [0, 0.05) is 6.04 Å². The molecule has 1 aromatic carbocycles. The fourth-order valence-electron chi connectivity index (χ4n) is 2.16. The van der Waals surface area contributed by atoms with Crippen LogP contribution in [0.5, 0.6) is 0 Å². The van der Waals surface area contributed by atoms with Crippen LogP contribution in [0.15, 0.2) is 18.2 Å². The molecule has 0 fully saturated rings. The summed E-state index contributed by atoms with van der Waals surface area (Å²) < 4.78 is 0. The van der Waals surface area contributed by atoms with E-state index >= 15 is 0 Å². The lowest BCUT2D eigenvalue weighted by Gasteiger charge is -2.36. The minimum absolute atomic E-state index is 0.0819. The second kappa shape index (κ2) is 4.16. The van der Waals surface area contributed by atoms with Gasteiger partial charge in [-0.2, -0.15) is 0 Å². The van der Waals surface area contributed by atoms with Gasteiger partial charge in [0.2, 0.25) is 5.91 Å². The van der Waals surface area contributed by atoms with Crippen LogP contribution in [-0.2, 0) is 4.79 Å². The molecule has 0 saturated carbocycles. The van der Waals surface area contributed by atoms with E-state index in [9.17, 15) is 4.79 Å². The quantitative estimate of drug-likeness (QED) is 0.827. The summed E-state index contributed by atoms with van der Waals surface area (Å²) in [5, 5.41) is 2.93. The van der Waals surface area contributed by atoms with Crippen molar-refractivity contribution in [2.75, 3.05) is 16.8 Å². The van der Waals surface area contributed by atoms with Crippen LogP contribution in [0.25, 0.3) is 0 Å². The van der Waals surface area contributed by atoms with Crippen LogP contribution in [0.3, 0.4) is 0 Å². The van der Waals surface area contributed by atoms with Crippen LogP contribution in [0.2, 0.25) is 0 Å². The summed E-state index contributed by atoms with van der Waals surface area (Å²) in [5.41, 5.74) is 3.34. The van der Waals surface area contributed by atoms with Gasteiger partial charge in [0.05, 0.1) is 17.9 Å². The Balaban J connectivity index is 2.47. The molecule has 1 heterocycles. The van der Waals surface area contributed by atoms with Crippen LogP contribution in [0.4, 0.5) is 11.4 Å². The summed E-state index contributed by atoms with van der Waals surface area (Å²) in [6, 6.07) is 6.43. The topological polar surface area (TPSA) is 32.3 Å². The average molecular weight is 218 g/mol. The minimum Gasteiger partial charge on any atom is -0.358 e. The zero-order chi connectivity index (χ0) is 11.7. The van der Waals surface area contributed by atoms with Crippen molar-refractivity contribution in [3.05, 3.63) is 23.8 Å². The smallest absolute Gasteiger partial charge is 0.243 e. The summed E-state index contributed by atoms with van der Waals surface area (Å²) >= 11 is 0. The first kappa shape index (κ1) is 11.0. The van der Waals surface area contributed by atoms with E-state index in [2.05, 4.69) is 37.1 Å². The summed E-state index contributed by atoms with van der Waals surface area (Å²) in [5.74, 6) is 0.0819. The molecule has 3 heteroatoms. The predicted molar refractivity (Wildman–Crippen MR) is 66.9 cm³/mol. The maximum atomic E-state index is 11.6. The Morgan fingerprint density at radius 1 is 1.50 bits per heavy atom. The first-order valence-electron chi connectivity index (χ1n) is 5.79. The summed E-state index contributed by atoms with van der Waals surface area (Å²) in [6.07, 6.45) is 1.04. The highest BCUT2D eigenvalue weighted by Gasteiger charge is 2.25. The van der Waals surface area contributed by atoms with Crippen LogP contribution < -0.4 is 10.2 Å². The average Bonchev–Trinajstić information content (AvgIpc) is 2.27. The van der Waals surface area contributed by atoms with E-state index in [0.717, 1.165) is 12.1 Å². The number of nitrogens with zero attached hydrogens (tertiary/aromatic N) is 1. The molecule has 3 nitrogen and oxygen atoms in total. The van der Waals surface area contributed by atoms with E-state index in [1.54, 1.807) is 0 Å². The second-order valence-corrected chi connectivity index (χ2v) is 4.40. The standard InChI is InChI=1S/C13H18N2O/c1-4-10(3)15-8-12(16)14-11-7-5-6-9(2)13(11)15/h5-7,10H,4,8H2,1-3H3,(H,14,16). The molecule has 1 atom stereocenters. The van der Waals surface area contributed by atoms with Crippen LogP contribution >= 0.6 is 0 Å². The molecule has 2 rings (SSSR count). The van der Waals surface area contributed by atoms with E-state index < -0.39 is 0 Å². The zero-order valence-electron chi connectivity index (χ0n) is 10.1. The molecule has 0 aromatic heterocycles. The molecule has 86 valence electrons. The molecular weight excluding hydrogens is 200 g/mol. The fraction of sp³-hybridized carbons (Fsp3) is 0.462. The number of carbonyl (C=O) groups is 1. The maximum absolute atomic E-state index is 11.6. The van der Waals surface area contributed by atoms with Gasteiger partial charge in [0.15, 0.2) is 0 Å². The number of anilines is 2. The van der Waals surface area contributed by atoms with Crippen molar-refractivity contribution >= 4 is 17.3 Å². The lowest BCUT2D eigenvalue weighted by Crippen LogP contribution is -2.43. The Morgan fingerprint density at radius 2 is 2.25 bits per heavy atom. The number of para-hydroxylation sites is 1. The number of hydrogen-bond acceptors (Lipinski definition) is 2. The molecule has 0 spiro atoms. The third kappa shape index (κ3) is 1.77. The van der Waals surface area contributed by atoms with Crippen molar-refractivity contribution in [3.63, 3.8) is 0 Å². The first-order valence-corrected chi connectivity index (χ1v) is 5.79. The molecule has 0 aliphatic carbocycles. The van der Waals surface area contributed by atoms with Gasteiger partial charge < -0.3 is 10.2 Å². The molecule has 1 amide bonds. The van der Waals surface area contributed by atoms with E-state index in [1.165, 1.54) is 11.3 Å². The van der Waals surface area contributed by atoms with Gasteiger partial charge in [-0.05, 0) is 31.9 Å². The number of hydrogen-bond donors (Lipinski definition) is 1. The molecule has 0 saturated heterocycles. The Morgan fingerprint density at radius 3 is 2.94 bits per heavy atom. The Bertz CT molecular complexity index is 414. The monoisotopic (exact) mass is 218 g/mol. The van der Waals surface area contributed by atoms with E-state index in [1.807, 2.05) is 12.1 Å². The number of nitrogens with one attached hydrogen (secondary N) is 1. The van der Waals surface area contributed by atoms with Crippen LogP contribution in [0, 0.1) is 6.92 Å². The largest absolute Gasteiger partial charge is 0.358 e. The number of fused-ring (bicyclic) bond motifs is 1. The van der Waals surface area contributed by atoms with Crippen molar-refractivity contribution in [2.24, 2.45) is 0 Å². The molecular formula is C13H18N2O. The molecule has 1 unspecified atom stereocenters. The third-order valence-corrected chi connectivity index (χ3v) is 3.24. The SMILES string of the molecule is CCC(C)N1CC(=O)Nc2cccc(C)c21. The van der Waals surface area contributed by atoms with Gasteiger partial charge in [0.1, 0.15) is 0 Å². The van der Waals surface area contributed by atoms with Gasteiger partial charge in [-0.1, -0.05) is 19.1 Å². The molecule has 1 aliphatic heterocycles. The molecule has 1 aliphatic rings. The number of benzene rings is 1. The van der Waals surface area contributed by atoms with Crippen molar-refractivity contribution in [1.82, 2.24) is 0 Å². The van der Waals surface area contributed by atoms with Gasteiger partial charge in [0.25, 0.3) is 0 Å². The zero-order valence-corrected chi connectivity index (χ0v) is 10.1. The van der Waals surface area contributed by atoms with Crippen molar-refractivity contribution in [1.29, 1.82) is 0 Å². The highest BCUT2D eigenvalue weighted by atomic mass is 16.2. The van der Waals surface area contributed by atoms with Crippen LogP contribution in [0.1, 0.15) is 25.8 Å². The summed E-state index contributed by atoms with van der Waals surface area (Å²) in [4.78, 5) is 13.8. The third-order valence-electron chi connectivity index (χ3n) is 3.24. The van der Waals surface area contributed by atoms with Gasteiger partial charge in [-0.15, -0.1) is 0 Å². The highest BCUT2D eigenvalue weighted by Crippen LogP contribution is 2.34. The lowest BCUT2D eigenvalue weighted by molar-refractivity contribution is -0.115. The van der Waals surface area contributed by atoms with Gasteiger partial charge >= 0.3 is 0 Å². The van der Waals surface area contributed by atoms with Gasteiger partial charge in [-0.25, -0.2) is 0 Å². The van der Waals surface area contributed by atoms with E-state index in [-0.39, 0.29) is 5.91 Å². The van der Waals surface area contributed by atoms with Crippen molar-refractivity contribution in [3.8, 4) is 0 Å². The normalized spacial score (nSPS) is 16.7.